The van der Waals surface area contributed by atoms with E-state index in [0.29, 0.717) is 13.1 Å². The van der Waals surface area contributed by atoms with Crippen LogP contribution in [0.5, 0.6) is 5.75 Å². The minimum absolute atomic E-state index is 0.147. The summed E-state index contributed by atoms with van der Waals surface area (Å²) in [5, 5.41) is 0. The molecule has 158 valence electrons. The van der Waals surface area contributed by atoms with E-state index >= 15 is 0 Å². The van der Waals surface area contributed by atoms with E-state index in [9.17, 15) is 9.18 Å². The van der Waals surface area contributed by atoms with Crippen molar-refractivity contribution >= 4 is 11.6 Å². The van der Waals surface area contributed by atoms with E-state index in [4.69, 9.17) is 4.74 Å². The number of rotatable bonds is 3. The maximum absolute atomic E-state index is 13.3. The number of ether oxygens (including phenoxy) is 1. The Balaban J connectivity index is 1.24. The summed E-state index contributed by atoms with van der Waals surface area (Å²) in [7, 11) is 1.69. The van der Waals surface area contributed by atoms with Crippen molar-refractivity contribution in [2.24, 2.45) is 5.92 Å². The smallest absolute Gasteiger partial charge is 0.241 e. The van der Waals surface area contributed by atoms with Crippen LogP contribution >= 0.6 is 0 Å². The molecule has 6 nitrogen and oxygen atoms in total. The average Bonchev–Trinajstić information content (AvgIpc) is 3.23. The fourth-order valence-electron chi connectivity index (χ4n) is 5.06. The first kappa shape index (κ1) is 19.3. The van der Waals surface area contributed by atoms with Crippen molar-refractivity contribution in [3.8, 4) is 5.75 Å². The number of anilines is 1. The number of fused-ring (bicyclic) bond motifs is 3. The van der Waals surface area contributed by atoms with Gasteiger partial charge in [-0.3, -0.25) is 4.79 Å². The highest BCUT2D eigenvalue weighted by atomic mass is 19.1. The molecule has 5 rings (SSSR count). The minimum Gasteiger partial charge on any atom is -0.497 e. The zero-order valence-corrected chi connectivity index (χ0v) is 17.1. The van der Waals surface area contributed by atoms with Gasteiger partial charge in [-0.2, -0.15) is 0 Å². The third-order valence-electron chi connectivity index (χ3n) is 6.73. The lowest BCUT2D eigenvalue weighted by Gasteiger charge is -2.38. The Kier molecular flexibility index (Phi) is 5.08. The number of aryl methyl sites for hydroxylation is 1. The number of benzene rings is 2. The second kappa shape index (κ2) is 7.89. The lowest BCUT2D eigenvalue weighted by molar-refractivity contribution is -0.134. The Hall–Kier alpha value is -2.64. The molecule has 2 saturated heterocycles. The summed E-state index contributed by atoms with van der Waals surface area (Å²) in [5.41, 5.74) is 10.2. The van der Waals surface area contributed by atoms with Crippen LogP contribution in [-0.4, -0.2) is 50.1 Å². The normalized spacial score (nSPS) is 25.6. The van der Waals surface area contributed by atoms with E-state index in [0.717, 1.165) is 37.4 Å². The molecule has 2 aliphatic heterocycles. The number of hydrazine groups is 1. The molecule has 0 spiro atoms. The van der Waals surface area contributed by atoms with Crippen LogP contribution in [-0.2, 0) is 11.2 Å². The van der Waals surface area contributed by atoms with Gasteiger partial charge in [0.1, 0.15) is 17.6 Å². The first-order valence-electron chi connectivity index (χ1n) is 10.6. The summed E-state index contributed by atoms with van der Waals surface area (Å²) in [6.07, 6.45) is 1.93. The van der Waals surface area contributed by atoms with E-state index in [2.05, 4.69) is 27.9 Å². The maximum atomic E-state index is 13.3. The van der Waals surface area contributed by atoms with Gasteiger partial charge in [-0.15, -0.1) is 0 Å². The first-order chi connectivity index (χ1) is 14.6. The van der Waals surface area contributed by atoms with Crippen LogP contribution in [0.25, 0.3) is 0 Å². The second-order valence-electron chi connectivity index (χ2n) is 8.30. The highest BCUT2D eigenvalue weighted by molar-refractivity contribution is 5.83. The number of halogens is 1. The molecule has 2 heterocycles. The lowest BCUT2D eigenvalue weighted by Crippen LogP contribution is -2.55. The zero-order valence-electron chi connectivity index (χ0n) is 17.1. The van der Waals surface area contributed by atoms with Gasteiger partial charge in [0.25, 0.3) is 0 Å². The summed E-state index contributed by atoms with van der Waals surface area (Å²) in [5.74, 6) is 1.07. The third kappa shape index (κ3) is 3.42. The molecule has 2 fully saturated rings. The average molecular weight is 410 g/mol. The van der Waals surface area contributed by atoms with Gasteiger partial charge in [0.2, 0.25) is 5.91 Å². The summed E-state index contributed by atoms with van der Waals surface area (Å²) >= 11 is 0. The van der Waals surface area contributed by atoms with Gasteiger partial charge in [-0.1, -0.05) is 6.07 Å². The molecule has 0 saturated carbocycles. The number of amides is 1. The lowest BCUT2D eigenvalue weighted by atomic mass is 9.77. The van der Waals surface area contributed by atoms with Gasteiger partial charge in [-0.05, 0) is 60.4 Å². The molecular formula is C23H27FN4O2. The molecule has 30 heavy (non-hydrogen) atoms. The van der Waals surface area contributed by atoms with Crippen molar-refractivity contribution in [2.45, 2.75) is 24.9 Å². The predicted molar refractivity (Wildman–Crippen MR) is 113 cm³/mol. The Morgan fingerprint density at radius 3 is 2.57 bits per heavy atom. The van der Waals surface area contributed by atoms with Crippen LogP contribution in [0.1, 0.15) is 23.6 Å². The van der Waals surface area contributed by atoms with Crippen molar-refractivity contribution in [1.82, 2.24) is 15.8 Å². The van der Waals surface area contributed by atoms with Gasteiger partial charge in [0.15, 0.2) is 0 Å². The molecule has 2 aromatic carbocycles. The molecule has 2 aromatic rings. The van der Waals surface area contributed by atoms with Crippen molar-refractivity contribution in [3.05, 3.63) is 59.4 Å². The second-order valence-corrected chi connectivity index (χ2v) is 8.30. The molecule has 1 aliphatic carbocycles. The van der Waals surface area contributed by atoms with Crippen LogP contribution in [0.4, 0.5) is 10.1 Å². The molecule has 0 aromatic heterocycles. The van der Waals surface area contributed by atoms with Crippen molar-refractivity contribution < 1.29 is 13.9 Å². The molecule has 3 unspecified atom stereocenters. The molecule has 1 amide bonds. The van der Waals surface area contributed by atoms with Crippen molar-refractivity contribution in [2.75, 3.05) is 38.2 Å². The standard InChI is InChI=1S/C23H27FN4O2/c1-30-18-7-9-19-15(14-18)2-8-20-21(19)25-26-22(20)23(29)28-12-10-27(11-13-28)17-5-3-16(24)4-6-17/h3-7,9,14,20-22,25-26H,2,8,10-13H2,1H3. The highest BCUT2D eigenvalue weighted by Gasteiger charge is 2.44. The summed E-state index contributed by atoms with van der Waals surface area (Å²) in [4.78, 5) is 17.5. The summed E-state index contributed by atoms with van der Waals surface area (Å²) < 4.78 is 18.5. The van der Waals surface area contributed by atoms with Crippen LogP contribution in [0, 0.1) is 11.7 Å². The number of nitrogens with zero attached hydrogens (tertiary/aromatic N) is 2. The SMILES string of the molecule is COc1ccc2c(c1)CCC1C(C(=O)N3CCN(c4ccc(F)cc4)CC3)NNC21. The Morgan fingerprint density at radius 2 is 1.83 bits per heavy atom. The van der Waals surface area contributed by atoms with Gasteiger partial charge >= 0.3 is 0 Å². The van der Waals surface area contributed by atoms with E-state index in [1.807, 2.05) is 11.0 Å². The van der Waals surface area contributed by atoms with Gasteiger partial charge in [0.05, 0.1) is 13.2 Å². The Labute approximate surface area is 176 Å². The summed E-state index contributed by atoms with van der Waals surface area (Å²) in [6, 6.07) is 12.7. The molecule has 0 radical (unpaired) electrons. The van der Waals surface area contributed by atoms with E-state index < -0.39 is 0 Å². The van der Waals surface area contributed by atoms with Crippen LogP contribution < -0.4 is 20.5 Å². The van der Waals surface area contributed by atoms with Crippen molar-refractivity contribution in [1.29, 1.82) is 0 Å². The largest absolute Gasteiger partial charge is 0.497 e. The fraction of sp³-hybridized carbons (Fsp3) is 0.435. The fourth-order valence-corrected chi connectivity index (χ4v) is 5.06. The van der Waals surface area contributed by atoms with Crippen molar-refractivity contribution in [3.63, 3.8) is 0 Å². The quantitative estimate of drug-likeness (QED) is 0.813. The van der Waals surface area contributed by atoms with Gasteiger partial charge in [0, 0.05) is 37.8 Å². The number of hydrogen-bond acceptors (Lipinski definition) is 5. The maximum Gasteiger partial charge on any atom is 0.241 e. The van der Waals surface area contributed by atoms with Crippen LogP contribution in [0.3, 0.4) is 0 Å². The molecule has 0 bridgehead atoms. The zero-order chi connectivity index (χ0) is 20.7. The topological polar surface area (TPSA) is 56.8 Å². The van der Waals surface area contributed by atoms with Gasteiger partial charge in [-0.25, -0.2) is 15.2 Å². The number of methoxy groups -OCH3 is 1. The predicted octanol–water partition coefficient (Wildman–Crippen LogP) is 2.26. The van der Waals surface area contributed by atoms with Crippen LogP contribution in [0.15, 0.2) is 42.5 Å². The van der Waals surface area contributed by atoms with E-state index in [-0.39, 0.29) is 29.7 Å². The van der Waals surface area contributed by atoms with E-state index in [1.54, 1.807) is 19.2 Å². The summed E-state index contributed by atoms with van der Waals surface area (Å²) in [6.45, 7) is 2.88. The molecule has 3 atom stereocenters. The Morgan fingerprint density at radius 1 is 1.07 bits per heavy atom. The highest BCUT2D eigenvalue weighted by Crippen LogP contribution is 2.40. The third-order valence-corrected chi connectivity index (χ3v) is 6.73. The van der Waals surface area contributed by atoms with E-state index in [1.165, 1.54) is 23.3 Å². The molecular weight excluding hydrogens is 383 g/mol. The van der Waals surface area contributed by atoms with Gasteiger partial charge < -0.3 is 14.5 Å². The monoisotopic (exact) mass is 410 g/mol. The minimum atomic E-state index is -0.227. The number of piperazine rings is 1. The number of nitrogens with one attached hydrogen (secondary N) is 2. The first-order valence-corrected chi connectivity index (χ1v) is 10.6. The van der Waals surface area contributed by atoms with Crippen LogP contribution in [0.2, 0.25) is 0 Å². The Bertz CT molecular complexity index is 927. The number of carbonyl (C=O) groups is 1. The number of carbonyl (C=O) groups excluding carboxylic acids is 1. The molecule has 7 heteroatoms. The molecule has 3 aliphatic rings. The molecule has 2 N–H and O–H groups in total. The number of hydrogen-bond donors (Lipinski definition) is 2.